The summed E-state index contributed by atoms with van der Waals surface area (Å²) >= 11 is 1.67. The van der Waals surface area contributed by atoms with E-state index in [-0.39, 0.29) is 5.92 Å². The van der Waals surface area contributed by atoms with Crippen LogP contribution in [0.25, 0.3) is 0 Å². The van der Waals surface area contributed by atoms with E-state index in [0.717, 1.165) is 70.4 Å². The van der Waals surface area contributed by atoms with Gasteiger partial charge in [0.05, 0.1) is 12.5 Å². The van der Waals surface area contributed by atoms with Crippen LogP contribution < -0.4 is 4.90 Å². The molecule has 0 N–H and O–H groups in total. The van der Waals surface area contributed by atoms with E-state index in [9.17, 15) is 4.79 Å². The molecule has 1 amide bonds. The number of aromatic nitrogens is 1. The Hall–Kier alpha value is -1.18. The van der Waals surface area contributed by atoms with Crippen LogP contribution in [0.3, 0.4) is 0 Å². The lowest BCUT2D eigenvalue weighted by Gasteiger charge is -2.24. The van der Waals surface area contributed by atoms with Crippen molar-refractivity contribution < 1.29 is 9.53 Å². The molecule has 6 nitrogen and oxygen atoms in total. The van der Waals surface area contributed by atoms with Crippen molar-refractivity contribution in [2.24, 2.45) is 5.92 Å². The summed E-state index contributed by atoms with van der Waals surface area (Å²) in [6, 6.07) is 0. The van der Waals surface area contributed by atoms with Gasteiger partial charge in [-0.1, -0.05) is 0 Å². The van der Waals surface area contributed by atoms with Crippen LogP contribution in [0.1, 0.15) is 12.8 Å². The fourth-order valence-corrected chi connectivity index (χ4v) is 4.11. The van der Waals surface area contributed by atoms with E-state index >= 15 is 0 Å². The molecule has 0 spiro atoms. The third-order valence-corrected chi connectivity index (χ3v) is 5.56. The second-order valence-electron chi connectivity index (χ2n) is 6.26. The van der Waals surface area contributed by atoms with E-state index in [0.29, 0.717) is 5.91 Å². The van der Waals surface area contributed by atoms with Crippen molar-refractivity contribution in [2.75, 3.05) is 64.4 Å². The maximum absolute atomic E-state index is 12.8. The van der Waals surface area contributed by atoms with Gasteiger partial charge in [0, 0.05) is 58.0 Å². The number of likely N-dealkylation sites (tertiary alicyclic amines) is 1. The Morgan fingerprint density at radius 3 is 3.04 bits per heavy atom. The molecule has 2 aliphatic rings. The number of carbonyl (C=O) groups excluding carboxylic acids is 1. The predicted molar refractivity (Wildman–Crippen MR) is 91.9 cm³/mol. The summed E-state index contributed by atoms with van der Waals surface area (Å²) < 4.78 is 5.13. The third-order valence-electron chi connectivity index (χ3n) is 4.73. The Balaban J connectivity index is 1.50. The molecular weight excluding hydrogens is 312 g/mol. The van der Waals surface area contributed by atoms with Crippen LogP contribution in [0.15, 0.2) is 11.6 Å². The zero-order valence-electron chi connectivity index (χ0n) is 13.8. The smallest absolute Gasteiger partial charge is 0.227 e. The van der Waals surface area contributed by atoms with Gasteiger partial charge in [-0.25, -0.2) is 4.98 Å². The van der Waals surface area contributed by atoms with E-state index in [4.69, 9.17) is 4.74 Å². The van der Waals surface area contributed by atoms with Crippen LogP contribution in [0.5, 0.6) is 0 Å². The lowest BCUT2D eigenvalue weighted by Crippen LogP contribution is -2.40. The van der Waals surface area contributed by atoms with Gasteiger partial charge in [-0.05, 0) is 19.4 Å². The average Bonchev–Trinajstić information content (AvgIpc) is 3.20. The van der Waals surface area contributed by atoms with E-state index in [1.807, 2.05) is 11.6 Å². The van der Waals surface area contributed by atoms with Crippen molar-refractivity contribution in [2.45, 2.75) is 12.8 Å². The molecule has 3 rings (SSSR count). The number of amides is 1. The first-order chi connectivity index (χ1) is 11.3. The third kappa shape index (κ3) is 4.22. The molecule has 128 valence electrons. The summed E-state index contributed by atoms with van der Waals surface area (Å²) in [4.78, 5) is 23.9. The van der Waals surface area contributed by atoms with E-state index in [2.05, 4.69) is 19.7 Å². The number of carbonyl (C=O) groups is 1. The van der Waals surface area contributed by atoms with Crippen molar-refractivity contribution in [3.8, 4) is 0 Å². The summed E-state index contributed by atoms with van der Waals surface area (Å²) in [5.74, 6) is 0.504. The van der Waals surface area contributed by atoms with Gasteiger partial charge in [-0.3, -0.25) is 4.79 Å². The summed E-state index contributed by atoms with van der Waals surface area (Å²) in [6.07, 6.45) is 3.85. The number of rotatable bonds is 5. The number of ether oxygens (including phenoxy) is 1. The number of nitrogens with zero attached hydrogens (tertiary/aromatic N) is 4. The number of hydrogen-bond acceptors (Lipinski definition) is 6. The molecule has 0 saturated carbocycles. The molecule has 23 heavy (non-hydrogen) atoms. The molecule has 7 heteroatoms. The average molecular weight is 338 g/mol. The van der Waals surface area contributed by atoms with E-state index < -0.39 is 0 Å². The Labute approximate surface area is 142 Å². The molecule has 0 radical (unpaired) electrons. The molecule has 2 saturated heterocycles. The van der Waals surface area contributed by atoms with Crippen LogP contribution in [0, 0.1) is 5.92 Å². The van der Waals surface area contributed by atoms with Crippen LogP contribution >= 0.6 is 11.3 Å². The highest BCUT2D eigenvalue weighted by molar-refractivity contribution is 7.13. The molecule has 2 fully saturated rings. The fraction of sp³-hybridized carbons (Fsp3) is 0.750. The molecule has 2 aliphatic heterocycles. The largest absolute Gasteiger partial charge is 0.383 e. The Kier molecular flexibility index (Phi) is 5.85. The van der Waals surface area contributed by atoms with Crippen molar-refractivity contribution in [1.29, 1.82) is 0 Å². The SMILES string of the molecule is COCCN1CCC(C(=O)N2CCCN(c3nccs3)CC2)C1. The Bertz CT molecular complexity index is 496. The highest BCUT2D eigenvalue weighted by Crippen LogP contribution is 2.22. The van der Waals surface area contributed by atoms with Crippen LogP contribution in [-0.2, 0) is 9.53 Å². The summed E-state index contributed by atoms with van der Waals surface area (Å²) in [5.41, 5.74) is 0. The van der Waals surface area contributed by atoms with Gasteiger partial charge in [-0.2, -0.15) is 0 Å². The zero-order valence-corrected chi connectivity index (χ0v) is 14.6. The molecule has 3 heterocycles. The van der Waals surface area contributed by atoms with Gasteiger partial charge in [0.15, 0.2) is 5.13 Å². The summed E-state index contributed by atoms with van der Waals surface area (Å²) in [5, 5.41) is 3.09. The van der Waals surface area contributed by atoms with Gasteiger partial charge in [0.25, 0.3) is 0 Å². The van der Waals surface area contributed by atoms with Crippen LogP contribution in [0.2, 0.25) is 0 Å². The normalized spacial score (nSPS) is 23.3. The maximum Gasteiger partial charge on any atom is 0.227 e. The van der Waals surface area contributed by atoms with Crippen molar-refractivity contribution in [1.82, 2.24) is 14.8 Å². The lowest BCUT2D eigenvalue weighted by molar-refractivity contribution is -0.134. The first-order valence-corrected chi connectivity index (χ1v) is 9.30. The lowest BCUT2D eigenvalue weighted by atomic mass is 10.1. The quantitative estimate of drug-likeness (QED) is 0.806. The highest BCUT2D eigenvalue weighted by Gasteiger charge is 2.32. The summed E-state index contributed by atoms with van der Waals surface area (Å²) in [7, 11) is 1.73. The number of anilines is 1. The Morgan fingerprint density at radius 1 is 1.35 bits per heavy atom. The monoisotopic (exact) mass is 338 g/mol. The van der Waals surface area contributed by atoms with Crippen molar-refractivity contribution in [3.63, 3.8) is 0 Å². The first kappa shape index (κ1) is 16.7. The van der Waals surface area contributed by atoms with Gasteiger partial charge in [0.2, 0.25) is 5.91 Å². The van der Waals surface area contributed by atoms with E-state index in [1.165, 1.54) is 0 Å². The first-order valence-electron chi connectivity index (χ1n) is 8.42. The topological polar surface area (TPSA) is 48.9 Å². The fourth-order valence-electron chi connectivity index (χ4n) is 3.42. The highest BCUT2D eigenvalue weighted by atomic mass is 32.1. The molecule has 1 aromatic rings. The van der Waals surface area contributed by atoms with Gasteiger partial charge in [-0.15, -0.1) is 11.3 Å². The second kappa shape index (κ2) is 8.08. The molecule has 1 aromatic heterocycles. The van der Waals surface area contributed by atoms with Gasteiger partial charge < -0.3 is 19.4 Å². The zero-order chi connectivity index (χ0) is 16.1. The van der Waals surface area contributed by atoms with Crippen molar-refractivity contribution in [3.05, 3.63) is 11.6 Å². The minimum absolute atomic E-state index is 0.165. The standard InChI is InChI=1S/C16H26N4O2S/c1-22-11-10-18-7-3-14(13-18)15(21)19-5-2-6-20(9-8-19)16-17-4-12-23-16/h4,12,14H,2-3,5-11,13H2,1H3. The number of methoxy groups -OCH3 is 1. The summed E-state index contributed by atoms with van der Waals surface area (Å²) in [6.45, 7) is 7.13. The molecule has 1 unspecified atom stereocenters. The molecule has 0 bridgehead atoms. The van der Waals surface area contributed by atoms with Crippen molar-refractivity contribution >= 4 is 22.4 Å². The molecule has 0 aliphatic carbocycles. The minimum atomic E-state index is 0.165. The van der Waals surface area contributed by atoms with E-state index in [1.54, 1.807) is 18.4 Å². The van der Waals surface area contributed by atoms with Gasteiger partial charge >= 0.3 is 0 Å². The Morgan fingerprint density at radius 2 is 2.26 bits per heavy atom. The molecule has 1 atom stereocenters. The number of thiazole rings is 1. The molecule has 0 aromatic carbocycles. The molecular formula is C16H26N4O2S. The minimum Gasteiger partial charge on any atom is -0.383 e. The maximum atomic E-state index is 12.8. The second-order valence-corrected chi connectivity index (χ2v) is 7.13. The van der Waals surface area contributed by atoms with Gasteiger partial charge in [0.1, 0.15) is 0 Å². The van der Waals surface area contributed by atoms with Crippen LogP contribution in [-0.4, -0.2) is 80.2 Å². The predicted octanol–water partition coefficient (Wildman–Crippen LogP) is 1.15. The number of hydrogen-bond donors (Lipinski definition) is 0. The van der Waals surface area contributed by atoms with Crippen LogP contribution in [0.4, 0.5) is 5.13 Å².